The van der Waals surface area contributed by atoms with E-state index in [1.165, 1.54) is 27.4 Å². The quantitative estimate of drug-likeness (QED) is 0.221. The first-order valence-electron chi connectivity index (χ1n) is 13.3. The van der Waals surface area contributed by atoms with E-state index in [0.29, 0.717) is 39.7 Å². The first-order valence-corrected chi connectivity index (χ1v) is 13.3. The van der Waals surface area contributed by atoms with Crippen molar-refractivity contribution in [2.75, 3.05) is 21.3 Å². The van der Waals surface area contributed by atoms with Crippen LogP contribution in [0.5, 0.6) is 11.8 Å². The monoisotopic (exact) mass is 547 g/mol. The molecule has 0 spiro atoms. The lowest BCUT2D eigenvalue weighted by atomic mass is 9.83. The van der Waals surface area contributed by atoms with E-state index in [-0.39, 0.29) is 12.0 Å². The fourth-order valence-corrected chi connectivity index (χ4v) is 5.43. The van der Waals surface area contributed by atoms with Crippen molar-refractivity contribution in [1.82, 2.24) is 14.5 Å². The second kappa shape index (κ2) is 11.9. The number of rotatable bonds is 8. The van der Waals surface area contributed by atoms with Gasteiger partial charge in [0.05, 0.1) is 49.5 Å². The molecule has 0 N–H and O–H groups in total. The lowest BCUT2D eigenvalue weighted by Crippen LogP contribution is -2.21. The zero-order chi connectivity index (χ0) is 28.2. The molecule has 0 saturated heterocycles. The van der Waals surface area contributed by atoms with E-state index in [4.69, 9.17) is 19.2 Å². The van der Waals surface area contributed by atoms with Gasteiger partial charge in [-0.15, -0.1) is 0 Å². The Balaban J connectivity index is 1.68. The summed E-state index contributed by atoms with van der Waals surface area (Å²) in [6, 6.07) is 12.7. The van der Waals surface area contributed by atoms with Crippen LogP contribution in [0, 0.1) is 17.6 Å². The third-order valence-electron chi connectivity index (χ3n) is 7.46. The molecule has 4 aromatic rings. The van der Waals surface area contributed by atoms with Gasteiger partial charge in [-0.05, 0) is 42.5 Å². The van der Waals surface area contributed by atoms with Crippen LogP contribution in [-0.2, 0) is 4.74 Å². The van der Waals surface area contributed by atoms with E-state index in [1.54, 1.807) is 24.3 Å². The van der Waals surface area contributed by atoms with Gasteiger partial charge in [0.25, 0.3) is 0 Å². The minimum absolute atomic E-state index is 0.225. The molecule has 9 heteroatoms. The number of hydrogen-bond acceptors (Lipinski definition) is 6. The molecular formula is C31H31F2N3O4. The Morgan fingerprint density at radius 2 is 1.68 bits per heavy atom. The lowest BCUT2D eigenvalue weighted by Gasteiger charge is -2.31. The summed E-state index contributed by atoms with van der Waals surface area (Å²) >= 11 is 0. The summed E-state index contributed by atoms with van der Waals surface area (Å²) in [5, 5.41) is 0. The third-order valence-corrected chi connectivity index (χ3v) is 7.46. The molecule has 5 rings (SSSR count). The van der Waals surface area contributed by atoms with E-state index < -0.39 is 17.6 Å². The van der Waals surface area contributed by atoms with Crippen LogP contribution in [0.4, 0.5) is 8.78 Å². The predicted octanol–water partition coefficient (Wildman–Crippen LogP) is 7.02. The summed E-state index contributed by atoms with van der Waals surface area (Å²) in [5.74, 6) is -0.902. The minimum atomic E-state index is -0.959. The van der Waals surface area contributed by atoms with Crippen LogP contribution in [0.2, 0.25) is 0 Å². The number of benzene rings is 2. The number of ether oxygens (including phenoxy) is 3. The van der Waals surface area contributed by atoms with Gasteiger partial charge in [-0.3, -0.25) is 0 Å². The highest BCUT2D eigenvalue weighted by Gasteiger charge is 2.29. The fourth-order valence-electron chi connectivity index (χ4n) is 5.43. The van der Waals surface area contributed by atoms with Gasteiger partial charge in [0.2, 0.25) is 11.8 Å². The maximum absolute atomic E-state index is 14.6. The van der Waals surface area contributed by atoms with Gasteiger partial charge in [0.15, 0.2) is 11.6 Å². The van der Waals surface area contributed by atoms with Crippen molar-refractivity contribution in [2.24, 2.45) is 5.92 Å². The van der Waals surface area contributed by atoms with Gasteiger partial charge >= 0.3 is 5.97 Å². The minimum Gasteiger partial charge on any atom is -0.481 e. The Morgan fingerprint density at radius 1 is 0.950 bits per heavy atom. The van der Waals surface area contributed by atoms with Crippen molar-refractivity contribution in [1.29, 1.82) is 0 Å². The molecule has 208 valence electrons. The molecule has 0 bridgehead atoms. The Labute approximate surface area is 231 Å². The van der Waals surface area contributed by atoms with Crippen molar-refractivity contribution in [3.63, 3.8) is 0 Å². The molecule has 1 fully saturated rings. The van der Waals surface area contributed by atoms with Gasteiger partial charge in [-0.25, -0.2) is 18.6 Å². The maximum atomic E-state index is 14.6. The number of aromatic nitrogens is 3. The topological polar surface area (TPSA) is 75.5 Å². The fraction of sp³-hybridized carbons (Fsp3) is 0.323. The van der Waals surface area contributed by atoms with Crippen LogP contribution in [0.3, 0.4) is 0 Å². The number of halogens is 2. The van der Waals surface area contributed by atoms with E-state index in [9.17, 15) is 13.6 Å². The van der Waals surface area contributed by atoms with Crippen LogP contribution in [0.15, 0.2) is 54.6 Å². The zero-order valence-corrected chi connectivity index (χ0v) is 22.7. The first kappa shape index (κ1) is 27.3. The highest BCUT2D eigenvalue weighted by atomic mass is 19.2. The molecule has 7 nitrogen and oxygen atoms in total. The van der Waals surface area contributed by atoms with E-state index in [2.05, 4.69) is 11.1 Å². The van der Waals surface area contributed by atoms with Crippen molar-refractivity contribution in [2.45, 2.75) is 38.1 Å². The molecule has 0 radical (unpaired) electrons. The average molecular weight is 548 g/mol. The standard InChI is InChI=1S/C31H31F2N3O4/c1-38-28-16-14-22(30(35-28)39-2)29-34-25-17-23(32)24(33)18-27(25)36(29)26(20-7-5-4-6-8-20)15-11-19-9-12-21(13-10-19)31(37)40-3/h9-18,20,26H,4-8H2,1-3H3. The highest BCUT2D eigenvalue weighted by Crippen LogP contribution is 2.41. The number of pyridine rings is 1. The van der Waals surface area contributed by atoms with Crippen LogP contribution in [0.25, 0.3) is 28.5 Å². The number of fused-ring (bicyclic) bond motifs is 1. The molecule has 2 aromatic carbocycles. The Bertz CT molecular complexity index is 1540. The van der Waals surface area contributed by atoms with Crippen LogP contribution >= 0.6 is 0 Å². The second-order valence-electron chi connectivity index (χ2n) is 9.83. The third kappa shape index (κ3) is 5.41. The summed E-state index contributed by atoms with van der Waals surface area (Å²) in [6.45, 7) is 0. The number of allylic oxidation sites excluding steroid dienone is 1. The lowest BCUT2D eigenvalue weighted by molar-refractivity contribution is 0.0600. The Morgan fingerprint density at radius 3 is 2.35 bits per heavy atom. The van der Waals surface area contributed by atoms with Crippen LogP contribution in [0.1, 0.15) is 54.1 Å². The number of carbonyl (C=O) groups excluding carboxylic acids is 1. The smallest absolute Gasteiger partial charge is 0.337 e. The molecule has 1 atom stereocenters. The van der Waals surface area contributed by atoms with Crippen molar-refractivity contribution in [3.8, 4) is 23.1 Å². The molecule has 0 amide bonds. The molecule has 1 unspecified atom stereocenters. The van der Waals surface area contributed by atoms with Crippen molar-refractivity contribution < 1.29 is 27.8 Å². The normalized spacial score (nSPS) is 14.9. The van der Waals surface area contributed by atoms with E-state index >= 15 is 0 Å². The van der Waals surface area contributed by atoms with Crippen molar-refractivity contribution >= 4 is 23.1 Å². The molecule has 1 saturated carbocycles. The van der Waals surface area contributed by atoms with Crippen molar-refractivity contribution in [3.05, 3.63) is 77.4 Å². The largest absolute Gasteiger partial charge is 0.481 e. The van der Waals surface area contributed by atoms with Crippen LogP contribution < -0.4 is 9.47 Å². The molecule has 1 aliphatic carbocycles. The van der Waals surface area contributed by atoms with E-state index in [0.717, 1.165) is 43.7 Å². The second-order valence-corrected chi connectivity index (χ2v) is 9.83. The molecule has 2 heterocycles. The van der Waals surface area contributed by atoms with Gasteiger partial charge in [-0.1, -0.05) is 43.5 Å². The zero-order valence-electron chi connectivity index (χ0n) is 22.7. The number of carbonyl (C=O) groups is 1. The molecule has 40 heavy (non-hydrogen) atoms. The number of methoxy groups -OCH3 is 3. The number of hydrogen-bond donors (Lipinski definition) is 0. The maximum Gasteiger partial charge on any atom is 0.337 e. The summed E-state index contributed by atoms with van der Waals surface area (Å²) < 4.78 is 46.6. The van der Waals surface area contributed by atoms with E-state index in [1.807, 2.05) is 22.8 Å². The van der Waals surface area contributed by atoms with Gasteiger partial charge < -0.3 is 18.8 Å². The first-order chi connectivity index (χ1) is 19.4. The van der Waals surface area contributed by atoms with Gasteiger partial charge in [0.1, 0.15) is 5.82 Å². The number of esters is 1. The van der Waals surface area contributed by atoms with Crippen LogP contribution in [-0.4, -0.2) is 41.8 Å². The number of imidazole rings is 1. The molecule has 0 aliphatic heterocycles. The molecular weight excluding hydrogens is 516 g/mol. The predicted molar refractivity (Wildman–Crippen MR) is 148 cm³/mol. The highest BCUT2D eigenvalue weighted by molar-refractivity contribution is 5.89. The molecule has 2 aromatic heterocycles. The summed E-state index contributed by atoms with van der Waals surface area (Å²) in [4.78, 5) is 21.1. The number of nitrogens with zero attached hydrogens (tertiary/aromatic N) is 3. The summed E-state index contributed by atoms with van der Waals surface area (Å²) in [7, 11) is 4.37. The molecule has 1 aliphatic rings. The van der Waals surface area contributed by atoms with Gasteiger partial charge in [-0.2, -0.15) is 4.98 Å². The Kier molecular flexibility index (Phi) is 8.09. The summed E-state index contributed by atoms with van der Waals surface area (Å²) in [6.07, 6.45) is 9.36. The van der Waals surface area contributed by atoms with Gasteiger partial charge in [0, 0.05) is 18.2 Å². The SMILES string of the molecule is COC(=O)c1ccc(C=CC(C2CCCCC2)n2c(-c3ccc(OC)nc3OC)nc3cc(F)c(F)cc32)cc1. The average Bonchev–Trinajstić information content (AvgIpc) is 3.34. The Hall–Kier alpha value is -4.27. The summed E-state index contributed by atoms with van der Waals surface area (Å²) in [5.41, 5.74) is 2.75.